The summed E-state index contributed by atoms with van der Waals surface area (Å²) in [5, 5.41) is 3.11. The lowest BCUT2D eigenvalue weighted by Gasteiger charge is -2.28. The molecular formula is C19H33NO4. The average Bonchev–Trinajstić information content (AvgIpc) is 2.59. The van der Waals surface area contributed by atoms with Gasteiger partial charge in [0.1, 0.15) is 5.78 Å². The maximum Gasteiger partial charge on any atom is 0.220 e. The number of carbonyl (C=O) groups is 2. The lowest BCUT2D eigenvalue weighted by Crippen LogP contribution is -2.38. The Morgan fingerprint density at radius 3 is 2.17 bits per heavy atom. The van der Waals surface area contributed by atoms with E-state index in [2.05, 4.69) is 5.32 Å². The van der Waals surface area contributed by atoms with Gasteiger partial charge >= 0.3 is 0 Å². The Hall–Kier alpha value is -0.940. The van der Waals surface area contributed by atoms with Crippen LogP contribution in [-0.2, 0) is 19.1 Å². The fourth-order valence-corrected chi connectivity index (χ4v) is 3.86. The summed E-state index contributed by atoms with van der Waals surface area (Å²) in [4.78, 5) is 23.4. The Labute approximate surface area is 145 Å². The van der Waals surface area contributed by atoms with E-state index >= 15 is 0 Å². The SMILES string of the molecule is COC1CCC(OCCCC(=O)NC2CCC(C(C)=O)CC2)CC1. The summed E-state index contributed by atoms with van der Waals surface area (Å²) < 4.78 is 11.2. The van der Waals surface area contributed by atoms with E-state index in [9.17, 15) is 9.59 Å². The van der Waals surface area contributed by atoms with Crippen molar-refractivity contribution in [2.24, 2.45) is 5.92 Å². The highest BCUT2D eigenvalue weighted by Gasteiger charge is 2.25. The molecule has 24 heavy (non-hydrogen) atoms. The number of hydrogen-bond donors (Lipinski definition) is 1. The van der Waals surface area contributed by atoms with Crippen molar-refractivity contribution < 1.29 is 19.1 Å². The summed E-state index contributed by atoms with van der Waals surface area (Å²) in [5.41, 5.74) is 0. The first-order valence-electron chi connectivity index (χ1n) is 9.52. The fraction of sp³-hybridized carbons (Fsp3) is 0.895. The maximum absolute atomic E-state index is 12.0. The minimum absolute atomic E-state index is 0.118. The van der Waals surface area contributed by atoms with Crippen LogP contribution in [0.25, 0.3) is 0 Å². The highest BCUT2D eigenvalue weighted by Crippen LogP contribution is 2.25. The van der Waals surface area contributed by atoms with Crippen molar-refractivity contribution in [2.75, 3.05) is 13.7 Å². The van der Waals surface area contributed by atoms with E-state index in [1.165, 1.54) is 0 Å². The van der Waals surface area contributed by atoms with Gasteiger partial charge in [-0.05, 0) is 64.7 Å². The first-order chi connectivity index (χ1) is 11.6. The van der Waals surface area contributed by atoms with E-state index in [4.69, 9.17) is 9.47 Å². The van der Waals surface area contributed by atoms with Crippen LogP contribution in [0, 0.1) is 5.92 Å². The highest BCUT2D eigenvalue weighted by molar-refractivity contribution is 5.78. The summed E-state index contributed by atoms with van der Waals surface area (Å²) in [6.45, 7) is 2.33. The molecule has 5 heteroatoms. The molecule has 0 heterocycles. The van der Waals surface area contributed by atoms with E-state index in [1.807, 2.05) is 0 Å². The quantitative estimate of drug-likeness (QED) is 0.691. The third-order valence-corrected chi connectivity index (χ3v) is 5.52. The van der Waals surface area contributed by atoms with Crippen LogP contribution in [0.3, 0.4) is 0 Å². The average molecular weight is 339 g/mol. The van der Waals surface area contributed by atoms with Gasteiger partial charge in [0.25, 0.3) is 0 Å². The van der Waals surface area contributed by atoms with E-state index in [1.54, 1.807) is 14.0 Å². The van der Waals surface area contributed by atoms with Gasteiger partial charge in [0.15, 0.2) is 0 Å². The molecule has 0 atom stereocenters. The number of hydrogen-bond acceptors (Lipinski definition) is 4. The maximum atomic E-state index is 12.0. The second-order valence-electron chi connectivity index (χ2n) is 7.34. The minimum Gasteiger partial charge on any atom is -0.381 e. The molecule has 1 amide bonds. The van der Waals surface area contributed by atoms with Crippen LogP contribution in [-0.4, -0.2) is 43.7 Å². The molecule has 0 aromatic heterocycles. The molecular weight excluding hydrogens is 306 g/mol. The zero-order valence-corrected chi connectivity index (χ0v) is 15.2. The first-order valence-corrected chi connectivity index (χ1v) is 9.52. The first kappa shape index (κ1) is 19.4. The van der Waals surface area contributed by atoms with Gasteiger partial charge in [0.2, 0.25) is 5.91 Å². The second-order valence-corrected chi connectivity index (χ2v) is 7.34. The molecule has 0 unspecified atom stereocenters. The van der Waals surface area contributed by atoms with Crippen molar-refractivity contribution in [1.29, 1.82) is 0 Å². The molecule has 138 valence electrons. The molecule has 0 aromatic rings. The molecule has 2 aliphatic carbocycles. The van der Waals surface area contributed by atoms with E-state index in [-0.39, 0.29) is 23.7 Å². The number of amides is 1. The van der Waals surface area contributed by atoms with Gasteiger partial charge in [0, 0.05) is 32.1 Å². The van der Waals surface area contributed by atoms with Gasteiger partial charge < -0.3 is 14.8 Å². The molecule has 2 rings (SSSR count). The molecule has 0 aliphatic heterocycles. The van der Waals surface area contributed by atoms with E-state index in [0.29, 0.717) is 25.2 Å². The number of nitrogens with one attached hydrogen (secondary N) is 1. The second kappa shape index (κ2) is 10.1. The largest absolute Gasteiger partial charge is 0.381 e. The van der Waals surface area contributed by atoms with Gasteiger partial charge in [-0.15, -0.1) is 0 Å². The normalized spacial score (nSPS) is 30.8. The van der Waals surface area contributed by atoms with Crippen LogP contribution >= 0.6 is 0 Å². The van der Waals surface area contributed by atoms with Crippen molar-refractivity contribution >= 4 is 11.7 Å². The van der Waals surface area contributed by atoms with Crippen molar-refractivity contribution in [1.82, 2.24) is 5.32 Å². The topological polar surface area (TPSA) is 64.6 Å². The zero-order chi connectivity index (χ0) is 17.4. The van der Waals surface area contributed by atoms with Crippen molar-refractivity contribution in [3.05, 3.63) is 0 Å². The fourth-order valence-electron chi connectivity index (χ4n) is 3.86. The molecule has 0 spiro atoms. The van der Waals surface area contributed by atoms with E-state index < -0.39 is 0 Å². The zero-order valence-electron chi connectivity index (χ0n) is 15.2. The molecule has 5 nitrogen and oxygen atoms in total. The molecule has 2 saturated carbocycles. The number of ether oxygens (including phenoxy) is 2. The van der Waals surface area contributed by atoms with Crippen LogP contribution in [0.2, 0.25) is 0 Å². The third-order valence-electron chi connectivity index (χ3n) is 5.52. The van der Waals surface area contributed by atoms with Crippen molar-refractivity contribution in [3.63, 3.8) is 0 Å². The smallest absolute Gasteiger partial charge is 0.220 e. The number of carbonyl (C=O) groups excluding carboxylic acids is 2. The number of ketones is 1. The minimum atomic E-state index is 0.118. The van der Waals surface area contributed by atoms with Crippen LogP contribution in [0.1, 0.15) is 71.1 Å². The molecule has 0 bridgehead atoms. The van der Waals surface area contributed by atoms with Crippen LogP contribution < -0.4 is 5.32 Å². The van der Waals surface area contributed by atoms with Crippen molar-refractivity contribution in [2.45, 2.75) is 89.4 Å². The molecule has 0 radical (unpaired) electrons. The molecule has 2 aliphatic rings. The summed E-state index contributed by atoms with van der Waals surface area (Å²) >= 11 is 0. The monoisotopic (exact) mass is 339 g/mol. The van der Waals surface area contributed by atoms with Gasteiger partial charge in [0.05, 0.1) is 12.2 Å². The molecule has 2 fully saturated rings. The molecule has 0 saturated heterocycles. The Morgan fingerprint density at radius 1 is 0.958 bits per heavy atom. The summed E-state index contributed by atoms with van der Waals surface area (Å²) in [6, 6.07) is 0.248. The number of rotatable bonds is 8. The van der Waals surface area contributed by atoms with Gasteiger partial charge in [-0.1, -0.05) is 0 Å². The Balaban J connectivity index is 1.51. The summed E-state index contributed by atoms with van der Waals surface area (Å²) in [5.74, 6) is 0.615. The van der Waals surface area contributed by atoms with Crippen LogP contribution in [0.15, 0.2) is 0 Å². The summed E-state index contributed by atoms with van der Waals surface area (Å²) in [6.07, 6.45) is 9.98. The Morgan fingerprint density at radius 2 is 1.58 bits per heavy atom. The lowest BCUT2D eigenvalue weighted by atomic mass is 9.84. The standard InChI is InChI=1S/C19H33NO4/c1-14(21)15-5-7-16(8-6-15)20-19(22)4-3-13-24-18-11-9-17(23-2)10-12-18/h15-18H,3-13H2,1-2H3,(H,20,22). The molecule has 0 aromatic carbocycles. The predicted molar refractivity (Wildman–Crippen MR) is 92.8 cm³/mol. The molecule has 1 N–H and O–H groups in total. The van der Waals surface area contributed by atoms with E-state index in [0.717, 1.165) is 57.8 Å². The number of methoxy groups -OCH3 is 1. The van der Waals surface area contributed by atoms with Crippen molar-refractivity contribution in [3.8, 4) is 0 Å². The predicted octanol–water partition coefficient (Wildman–Crippen LogP) is 3.00. The third kappa shape index (κ3) is 6.52. The number of Topliss-reactive ketones (excluding diaryl/α,β-unsaturated/α-hetero) is 1. The Kier molecular flexibility index (Phi) is 8.19. The van der Waals surface area contributed by atoms with Crippen LogP contribution in [0.4, 0.5) is 0 Å². The van der Waals surface area contributed by atoms with Gasteiger partial charge in [-0.3, -0.25) is 9.59 Å². The highest BCUT2D eigenvalue weighted by atomic mass is 16.5. The lowest BCUT2D eigenvalue weighted by molar-refractivity contribution is -0.123. The summed E-state index contributed by atoms with van der Waals surface area (Å²) in [7, 11) is 1.77. The van der Waals surface area contributed by atoms with Gasteiger partial charge in [-0.25, -0.2) is 0 Å². The van der Waals surface area contributed by atoms with Crippen LogP contribution in [0.5, 0.6) is 0 Å². The Bertz CT molecular complexity index is 396. The van der Waals surface area contributed by atoms with Gasteiger partial charge in [-0.2, -0.15) is 0 Å².